The average Bonchev–Trinajstić information content (AvgIpc) is 2.62. The molecule has 0 radical (unpaired) electrons. The van der Waals surface area contributed by atoms with Crippen LogP contribution in [0.25, 0.3) is 0 Å². The molecule has 0 saturated carbocycles. The van der Waals surface area contributed by atoms with E-state index in [1.165, 1.54) is 0 Å². The van der Waals surface area contributed by atoms with E-state index in [9.17, 15) is 9.59 Å². The van der Waals surface area contributed by atoms with Crippen molar-refractivity contribution in [1.82, 2.24) is 15.2 Å². The number of aromatic nitrogens is 1. The third-order valence-corrected chi connectivity index (χ3v) is 3.62. The largest absolute Gasteiger partial charge is 0.339 e. The maximum atomic E-state index is 12.2. The van der Waals surface area contributed by atoms with E-state index >= 15 is 0 Å². The number of benzene rings is 1. The van der Waals surface area contributed by atoms with Crippen LogP contribution < -0.4 is 10.6 Å². The first-order valence-corrected chi connectivity index (χ1v) is 7.97. The molecular weight excluding hydrogens is 304 g/mol. The zero-order chi connectivity index (χ0) is 17.4. The molecule has 1 aromatic heterocycles. The molecule has 1 heterocycles. The fourth-order valence-electron chi connectivity index (χ4n) is 2.25. The normalized spacial score (nSPS) is 10.1. The predicted octanol–water partition coefficient (Wildman–Crippen LogP) is 2.89. The lowest BCUT2D eigenvalue weighted by Gasteiger charge is -2.18. The molecule has 2 N–H and O–H groups in total. The van der Waals surface area contributed by atoms with Gasteiger partial charge in [0.25, 0.3) is 5.91 Å². The van der Waals surface area contributed by atoms with E-state index < -0.39 is 0 Å². The SMILES string of the molecule is CCN(CC)C(=O)c1ccc(NC(=O)NCc2cccnc2)cc1. The highest BCUT2D eigenvalue weighted by Gasteiger charge is 2.12. The number of pyridine rings is 1. The van der Waals surface area contributed by atoms with E-state index in [4.69, 9.17) is 0 Å². The standard InChI is InChI=1S/C18H22N4O2/c1-3-22(4-2)17(23)15-7-9-16(10-8-15)21-18(24)20-13-14-6-5-11-19-12-14/h5-12H,3-4,13H2,1-2H3,(H2,20,21,24). The van der Waals surface area contributed by atoms with Crippen LogP contribution in [0.1, 0.15) is 29.8 Å². The summed E-state index contributed by atoms with van der Waals surface area (Å²) in [6, 6.07) is 10.3. The van der Waals surface area contributed by atoms with E-state index in [-0.39, 0.29) is 11.9 Å². The van der Waals surface area contributed by atoms with E-state index in [1.54, 1.807) is 41.6 Å². The van der Waals surface area contributed by atoms with Crippen LogP contribution >= 0.6 is 0 Å². The Hall–Kier alpha value is -2.89. The minimum Gasteiger partial charge on any atom is -0.339 e. The van der Waals surface area contributed by atoms with Gasteiger partial charge in [-0.1, -0.05) is 6.07 Å². The highest BCUT2D eigenvalue weighted by atomic mass is 16.2. The van der Waals surface area contributed by atoms with E-state index in [0.29, 0.717) is 30.9 Å². The quantitative estimate of drug-likeness (QED) is 0.857. The lowest BCUT2D eigenvalue weighted by molar-refractivity contribution is 0.0773. The fourth-order valence-corrected chi connectivity index (χ4v) is 2.25. The Bertz CT molecular complexity index is 667. The first kappa shape index (κ1) is 17.5. The fraction of sp³-hybridized carbons (Fsp3) is 0.278. The van der Waals surface area contributed by atoms with Crippen LogP contribution in [-0.4, -0.2) is 34.9 Å². The Kier molecular flexibility index (Phi) is 6.31. The molecule has 3 amide bonds. The molecule has 0 saturated heterocycles. The zero-order valence-corrected chi connectivity index (χ0v) is 14.0. The van der Waals surface area contributed by atoms with Crippen LogP contribution in [-0.2, 0) is 6.54 Å². The highest BCUT2D eigenvalue weighted by molar-refractivity contribution is 5.95. The zero-order valence-electron chi connectivity index (χ0n) is 14.0. The van der Waals surface area contributed by atoms with Crippen LogP contribution in [0.15, 0.2) is 48.8 Å². The molecule has 126 valence electrons. The Morgan fingerprint density at radius 3 is 2.38 bits per heavy atom. The number of nitrogens with zero attached hydrogens (tertiary/aromatic N) is 2. The maximum Gasteiger partial charge on any atom is 0.319 e. The molecule has 6 nitrogen and oxygen atoms in total. The maximum absolute atomic E-state index is 12.2. The number of rotatable bonds is 6. The third kappa shape index (κ3) is 4.81. The van der Waals surface area contributed by atoms with Crippen molar-refractivity contribution in [2.45, 2.75) is 20.4 Å². The molecular formula is C18H22N4O2. The van der Waals surface area contributed by atoms with Crippen LogP contribution in [0.2, 0.25) is 0 Å². The van der Waals surface area contributed by atoms with E-state index in [2.05, 4.69) is 15.6 Å². The van der Waals surface area contributed by atoms with Crippen molar-refractivity contribution in [2.75, 3.05) is 18.4 Å². The Morgan fingerprint density at radius 2 is 1.79 bits per heavy atom. The first-order chi connectivity index (χ1) is 11.6. The summed E-state index contributed by atoms with van der Waals surface area (Å²) in [5.41, 5.74) is 2.17. The van der Waals surface area contributed by atoms with Gasteiger partial charge < -0.3 is 15.5 Å². The van der Waals surface area contributed by atoms with Crippen molar-refractivity contribution in [3.63, 3.8) is 0 Å². The van der Waals surface area contributed by atoms with Gasteiger partial charge in [0.05, 0.1) is 0 Å². The Labute approximate surface area is 141 Å². The summed E-state index contributed by atoms with van der Waals surface area (Å²) in [4.78, 5) is 29.9. The number of carbonyl (C=O) groups is 2. The minimum atomic E-state index is -0.304. The molecule has 0 fully saturated rings. The van der Waals surface area contributed by atoms with Crippen molar-refractivity contribution in [1.29, 1.82) is 0 Å². The molecule has 0 aliphatic rings. The van der Waals surface area contributed by atoms with E-state index in [0.717, 1.165) is 5.56 Å². The molecule has 0 bridgehead atoms. The Morgan fingerprint density at radius 1 is 1.08 bits per heavy atom. The van der Waals surface area contributed by atoms with Gasteiger partial charge in [-0.05, 0) is 49.7 Å². The topological polar surface area (TPSA) is 74.3 Å². The molecule has 2 rings (SSSR count). The van der Waals surface area contributed by atoms with Gasteiger partial charge in [0.2, 0.25) is 0 Å². The summed E-state index contributed by atoms with van der Waals surface area (Å²) in [7, 11) is 0. The molecule has 0 aliphatic heterocycles. The second kappa shape index (κ2) is 8.67. The summed E-state index contributed by atoms with van der Waals surface area (Å²) in [6.07, 6.45) is 3.39. The molecule has 1 aromatic carbocycles. The minimum absolute atomic E-state index is 0.00687. The first-order valence-electron chi connectivity index (χ1n) is 7.97. The molecule has 0 aliphatic carbocycles. The lowest BCUT2D eigenvalue weighted by Crippen LogP contribution is -2.30. The number of amides is 3. The molecule has 6 heteroatoms. The summed E-state index contributed by atoms with van der Waals surface area (Å²) < 4.78 is 0. The van der Waals surface area contributed by atoms with Crippen molar-refractivity contribution >= 4 is 17.6 Å². The van der Waals surface area contributed by atoms with Crippen LogP contribution in [0.4, 0.5) is 10.5 Å². The van der Waals surface area contributed by atoms with Crippen molar-refractivity contribution in [2.24, 2.45) is 0 Å². The van der Waals surface area contributed by atoms with Gasteiger partial charge in [-0.2, -0.15) is 0 Å². The summed E-state index contributed by atoms with van der Waals surface area (Å²) in [5, 5.41) is 5.50. The number of anilines is 1. The molecule has 0 spiro atoms. The number of nitrogens with one attached hydrogen (secondary N) is 2. The molecule has 0 atom stereocenters. The van der Waals surface area contributed by atoms with Gasteiger partial charge >= 0.3 is 6.03 Å². The van der Waals surface area contributed by atoms with Crippen molar-refractivity contribution in [3.8, 4) is 0 Å². The van der Waals surface area contributed by atoms with E-state index in [1.807, 2.05) is 26.0 Å². The lowest BCUT2D eigenvalue weighted by atomic mass is 10.2. The average molecular weight is 326 g/mol. The Balaban J connectivity index is 1.89. The van der Waals surface area contributed by atoms with Gasteiger partial charge in [-0.25, -0.2) is 4.79 Å². The number of carbonyl (C=O) groups excluding carboxylic acids is 2. The number of urea groups is 1. The predicted molar refractivity (Wildman–Crippen MR) is 93.8 cm³/mol. The van der Waals surface area contributed by atoms with Gasteiger partial charge in [-0.15, -0.1) is 0 Å². The molecule has 0 unspecified atom stereocenters. The van der Waals surface area contributed by atoms with Crippen LogP contribution in [0, 0.1) is 0 Å². The second-order valence-corrected chi connectivity index (χ2v) is 5.22. The van der Waals surface area contributed by atoms with Crippen LogP contribution in [0.5, 0.6) is 0 Å². The van der Waals surface area contributed by atoms with Crippen molar-refractivity contribution in [3.05, 3.63) is 59.9 Å². The molecule has 24 heavy (non-hydrogen) atoms. The van der Waals surface area contributed by atoms with Crippen LogP contribution in [0.3, 0.4) is 0 Å². The van der Waals surface area contributed by atoms with Gasteiger partial charge in [0.15, 0.2) is 0 Å². The second-order valence-electron chi connectivity index (χ2n) is 5.22. The summed E-state index contributed by atoms with van der Waals surface area (Å²) >= 11 is 0. The number of hydrogen-bond donors (Lipinski definition) is 2. The van der Waals surface area contributed by atoms with Gasteiger partial charge in [0, 0.05) is 43.3 Å². The smallest absolute Gasteiger partial charge is 0.319 e. The summed E-state index contributed by atoms with van der Waals surface area (Å²) in [5.74, 6) is -0.00687. The monoisotopic (exact) mass is 326 g/mol. The molecule has 2 aromatic rings. The highest BCUT2D eigenvalue weighted by Crippen LogP contribution is 2.11. The third-order valence-electron chi connectivity index (χ3n) is 3.62. The van der Waals surface area contributed by atoms with Gasteiger partial charge in [0.1, 0.15) is 0 Å². The van der Waals surface area contributed by atoms with Gasteiger partial charge in [-0.3, -0.25) is 9.78 Å². The summed E-state index contributed by atoms with van der Waals surface area (Å²) in [6.45, 7) is 5.64. The van der Waals surface area contributed by atoms with Crippen molar-refractivity contribution < 1.29 is 9.59 Å². The number of hydrogen-bond acceptors (Lipinski definition) is 3.